The SMILES string of the molecule is Cc1nn(CC(=O)c2ccccc2Cl)c(C)[n+]1N.[Br-]. The lowest BCUT2D eigenvalue weighted by Crippen LogP contribution is -3.00. The Bertz CT molecular complexity index is 612. The number of ketones is 1. The van der Waals surface area contributed by atoms with E-state index in [4.69, 9.17) is 17.4 Å². The van der Waals surface area contributed by atoms with Crippen LogP contribution in [0.25, 0.3) is 0 Å². The van der Waals surface area contributed by atoms with E-state index in [9.17, 15) is 4.79 Å². The molecule has 0 spiro atoms. The maximum Gasteiger partial charge on any atom is 0.295 e. The van der Waals surface area contributed by atoms with Crippen molar-refractivity contribution in [2.24, 2.45) is 0 Å². The zero-order chi connectivity index (χ0) is 13.3. The third-order valence-corrected chi connectivity index (χ3v) is 3.13. The number of carbonyl (C=O) groups excluding carboxylic acids is 1. The van der Waals surface area contributed by atoms with Crippen LogP contribution in [0.15, 0.2) is 24.3 Å². The molecule has 0 amide bonds. The fourth-order valence-corrected chi connectivity index (χ4v) is 1.95. The molecule has 1 heterocycles. The summed E-state index contributed by atoms with van der Waals surface area (Å²) in [7, 11) is 0. The zero-order valence-corrected chi connectivity index (χ0v) is 12.9. The summed E-state index contributed by atoms with van der Waals surface area (Å²) in [6.07, 6.45) is 0. The van der Waals surface area contributed by atoms with Gasteiger partial charge in [-0.25, -0.2) is 0 Å². The smallest absolute Gasteiger partial charge is 0.295 e. The van der Waals surface area contributed by atoms with Crippen molar-refractivity contribution in [3.8, 4) is 0 Å². The summed E-state index contributed by atoms with van der Waals surface area (Å²) in [5, 5.41) is 4.64. The van der Waals surface area contributed by atoms with Gasteiger partial charge in [0.2, 0.25) is 5.78 Å². The molecule has 0 aliphatic carbocycles. The van der Waals surface area contributed by atoms with Crippen LogP contribution in [0, 0.1) is 13.8 Å². The highest BCUT2D eigenvalue weighted by Crippen LogP contribution is 2.16. The molecule has 19 heavy (non-hydrogen) atoms. The molecule has 5 nitrogen and oxygen atoms in total. The van der Waals surface area contributed by atoms with Gasteiger partial charge in [-0.15, -0.1) is 9.36 Å². The summed E-state index contributed by atoms with van der Waals surface area (Å²) in [4.78, 5) is 12.1. The first kappa shape index (κ1) is 15.7. The van der Waals surface area contributed by atoms with E-state index in [1.807, 2.05) is 0 Å². The van der Waals surface area contributed by atoms with Crippen molar-refractivity contribution in [3.05, 3.63) is 46.5 Å². The summed E-state index contributed by atoms with van der Waals surface area (Å²) >= 11 is 5.98. The lowest BCUT2D eigenvalue weighted by atomic mass is 10.1. The standard InChI is InChI=1S/C12H14ClN4O.BrH/c1-8-15-16(9(2)17(8)14)7-12(18)10-5-3-4-6-11(10)13;/h3-6H,7,14H2,1-2H3;1H/q+1;/p-1. The van der Waals surface area contributed by atoms with Gasteiger partial charge >= 0.3 is 0 Å². The number of hydrogen-bond donors (Lipinski definition) is 1. The van der Waals surface area contributed by atoms with E-state index < -0.39 is 0 Å². The van der Waals surface area contributed by atoms with Crippen LogP contribution in [0.3, 0.4) is 0 Å². The van der Waals surface area contributed by atoms with Crippen LogP contribution < -0.4 is 27.5 Å². The monoisotopic (exact) mass is 344 g/mol. The third-order valence-electron chi connectivity index (χ3n) is 2.80. The molecule has 2 rings (SSSR count). The van der Waals surface area contributed by atoms with Gasteiger partial charge in [0.15, 0.2) is 6.54 Å². The van der Waals surface area contributed by atoms with Crippen LogP contribution in [-0.4, -0.2) is 15.6 Å². The average Bonchev–Trinajstić information content (AvgIpc) is 2.57. The highest BCUT2D eigenvalue weighted by atomic mass is 79.9. The van der Waals surface area contributed by atoms with Crippen molar-refractivity contribution in [1.29, 1.82) is 0 Å². The van der Waals surface area contributed by atoms with E-state index in [1.54, 1.807) is 42.8 Å². The number of hydrogen-bond acceptors (Lipinski definition) is 3. The molecule has 0 fully saturated rings. The van der Waals surface area contributed by atoms with Crippen molar-refractivity contribution in [2.75, 3.05) is 5.84 Å². The highest BCUT2D eigenvalue weighted by molar-refractivity contribution is 6.33. The van der Waals surface area contributed by atoms with E-state index >= 15 is 0 Å². The van der Waals surface area contributed by atoms with Gasteiger partial charge in [0.05, 0.1) is 5.02 Å². The van der Waals surface area contributed by atoms with Crippen molar-refractivity contribution in [1.82, 2.24) is 9.78 Å². The number of nitrogens with zero attached hydrogens (tertiary/aromatic N) is 3. The van der Waals surface area contributed by atoms with Gasteiger partial charge in [-0.1, -0.05) is 23.7 Å². The molecule has 0 saturated heterocycles. The van der Waals surface area contributed by atoms with Crippen molar-refractivity contribution >= 4 is 17.4 Å². The maximum atomic E-state index is 12.1. The van der Waals surface area contributed by atoms with E-state index in [1.165, 1.54) is 4.68 Å². The van der Waals surface area contributed by atoms with Gasteiger partial charge < -0.3 is 17.0 Å². The Labute approximate surface area is 126 Å². The number of halogens is 2. The van der Waals surface area contributed by atoms with Gasteiger partial charge in [0.1, 0.15) is 0 Å². The van der Waals surface area contributed by atoms with E-state index in [0.29, 0.717) is 22.2 Å². The molecule has 0 aliphatic heterocycles. The molecule has 102 valence electrons. The van der Waals surface area contributed by atoms with Crippen LogP contribution >= 0.6 is 11.6 Å². The second kappa shape index (κ2) is 6.16. The fraction of sp³-hybridized carbons (Fsp3) is 0.250. The fourth-order valence-electron chi connectivity index (χ4n) is 1.71. The van der Waals surface area contributed by atoms with Crippen LogP contribution in [0.1, 0.15) is 22.0 Å². The molecule has 0 bridgehead atoms. The molecule has 1 aromatic heterocycles. The van der Waals surface area contributed by atoms with Crippen molar-refractivity contribution in [2.45, 2.75) is 20.4 Å². The minimum absolute atomic E-state index is 0. The number of rotatable bonds is 3. The topological polar surface area (TPSA) is 64.8 Å². The Balaban J connectivity index is 0.00000180. The number of Topliss-reactive ketones (excluding diaryl/α,β-unsaturated/α-hetero) is 1. The molecule has 0 atom stereocenters. The maximum absolute atomic E-state index is 12.1. The molecule has 0 radical (unpaired) electrons. The first-order chi connectivity index (χ1) is 8.50. The lowest BCUT2D eigenvalue weighted by molar-refractivity contribution is -0.652. The quantitative estimate of drug-likeness (QED) is 0.399. The molecule has 1 aromatic carbocycles. The minimum atomic E-state index is -0.0909. The molecular weight excluding hydrogens is 332 g/mol. The van der Waals surface area contributed by atoms with E-state index in [0.717, 1.165) is 0 Å². The zero-order valence-electron chi connectivity index (χ0n) is 10.6. The Kier molecular flexibility index (Phi) is 5.08. The molecule has 2 aromatic rings. The van der Waals surface area contributed by atoms with Crippen molar-refractivity contribution < 1.29 is 26.5 Å². The largest absolute Gasteiger partial charge is 1.00 e. The van der Waals surface area contributed by atoms with Gasteiger partial charge in [-0.05, 0) is 12.1 Å². The summed E-state index contributed by atoms with van der Waals surface area (Å²) < 4.78 is 3.01. The normalized spacial score (nSPS) is 10.1. The third kappa shape index (κ3) is 3.13. The van der Waals surface area contributed by atoms with Gasteiger partial charge in [0, 0.05) is 24.5 Å². The van der Waals surface area contributed by atoms with Crippen LogP contribution in [0.2, 0.25) is 5.02 Å². The molecule has 0 unspecified atom stereocenters. The molecule has 2 N–H and O–H groups in total. The average molecular weight is 346 g/mol. The lowest BCUT2D eigenvalue weighted by Gasteiger charge is -2.00. The number of aromatic nitrogens is 3. The first-order valence-electron chi connectivity index (χ1n) is 5.49. The van der Waals surface area contributed by atoms with Crippen LogP contribution in [0.5, 0.6) is 0 Å². The summed E-state index contributed by atoms with van der Waals surface area (Å²) in [5.41, 5.74) is 0.496. The minimum Gasteiger partial charge on any atom is -1.00 e. The van der Waals surface area contributed by atoms with Gasteiger partial charge in [-0.3, -0.25) is 10.6 Å². The van der Waals surface area contributed by atoms with Crippen LogP contribution in [-0.2, 0) is 6.54 Å². The van der Waals surface area contributed by atoms with Crippen molar-refractivity contribution in [3.63, 3.8) is 0 Å². The second-order valence-corrected chi connectivity index (χ2v) is 4.43. The highest BCUT2D eigenvalue weighted by Gasteiger charge is 2.21. The van der Waals surface area contributed by atoms with Gasteiger partial charge in [0.25, 0.3) is 11.6 Å². The Hall–Kier alpha value is -1.40. The molecule has 0 aliphatic rings. The summed E-state index contributed by atoms with van der Waals surface area (Å²) in [6.45, 7) is 3.71. The Morgan fingerprint density at radius 3 is 2.58 bits per heavy atom. The molecule has 0 saturated carbocycles. The Morgan fingerprint density at radius 1 is 1.42 bits per heavy atom. The predicted molar refractivity (Wildman–Crippen MR) is 67.8 cm³/mol. The second-order valence-electron chi connectivity index (χ2n) is 4.03. The number of benzene rings is 1. The predicted octanol–water partition coefficient (Wildman–Crippen LogP) is -1.96. The summed E-state index contributed by atoms with van der Waals surface area (Å²) in [5.74, 6) is 7.02. The number of carbonyl (C=O) groups is 1. The summed E-state index contributed by atoms with van der Waals surface area (Å²) in [6, 6.07) is 6.96. The number of nitrogen functional groups attached to an aromatic ring is 1. The first-order valence-corrected chi connectivity index (χ1v) is 5.87. The van der Waals surface area contributed by atoms with E-state index in [-0.39, 0.29) is 29.3 Å². The molecular formula is C12H14BrClN4O. The number of aryl methyl sites for hydroxylation is 1. The van der Waals surface area contributed by atoms with Gasteiger partial charge in [-0.2, -0.15) is 0 Å². The molecule has 7 heteroatoms. The van der Waals surface area contributed by atoms with E-state index in [2.05, 4.69) is 5.10 Å². The van der Waals surface area contributed by atoms with Crippen LogP contribution in [0.4, 0.5) is 0 Å². The number of nitrogens with two attached hydrogens (primary N) is 1. The Morgan fingerprint density at radius 2 is 2.05 bits per heavy atom.